The third kappa shape index (κ3) is 1.55. The molecule has 13 heavy (non-hydrogen) atoms. The summed E-state index contributed by atoms with van der Waals surface area (Å²) >= 11 is 0. The number of carbonyl (C=O) groups is 1. The van der Waals surface area contributed by atoms with Crippen LogP contribution in [0.3, 0.4) is 0 Å². The van der Waals surface area contributed by atoms with Crippen LogP contribution < -0.4 is 0 Å². The fourth-order valence-electron chi connectivity index (χ4n) is 2.48. The molecule has 3 heteroatoms. The first-order chi connectivity index (χ1) is 6.29. The largest absolute Gasteiger partial charge is 0.465 e. The molecule has 2 atom stereocenters. The highest BCUT2D eigenvalue weighted by Gasteiger charge is 2.33. The van der Waals surface area contributed by atoms with Crippen molar-refractivity contribution in [1.29, 1.82) is 0 Å². The lowest BCUT2D eigenvalue weighted by Gasteiger charge is -2.40. The van der Waals surface area contributed by atoms with Crippen molar-refractivity contribution in [2.75, 3.05) is 6.54 Å². The number of hydrogen-bond donors (Lipinski definition) is 1. The van der Waals surface area contributed by atoms with Gasteiger partial charge in [-0.05, 0) is 31.6 Å². The second-order valence-electron chi connectivity index (χ2n) is 3.89. The highest BCUT2D eigenvalue weighted by atomic mass is 16.4. The van der Waals surface area contributed by atoms with E-state index in [1.807, 2.05) is 0 Å². The predicted molar refractivity (Wildman–Crippen MR) is 49.6 cm³/mol. The number of piperidine rings is 1. The van der Waals surface area contributed by atoms with Gasteiger partial charge in [-0.1, -0.05) is 12.2 Å². The Kier molecular flexibility index (Phi) is 2.25. The van der Waals surface area contributed by atoms with Crippen molar-refractivity contribution in [3.05, 3.63) is 12.2 Å². The molecule has 0 unspecified atom stereocenters. The molecule has 1 aliphatic heterocycles. The van der Waals surface area contributed by atoms with E-state index >= 15 is 0 Å². The monoisotopic (exact) mass is 181 g/mol. The van der Waals surface area contributed by atoms with Crippen LogP contribution in [0.4, 0.5) is 4.79 Å². The minimum Gasteiger partial charge on any atom is -0.465 e. The van der Waals surface area contributed by atoms with Crippen LogP contribution in [0, 0.1) is 5.92 Å². The molecule has 1 amide bonds. The van der Waals surface area contributed by atoms with Crippen molar-refractivity contribution in [3.63, 3.8) is 0 Å². The highest BCUT2D eigenvalue weighted by molar-refractivity contribution is 5.65. The molecule has 1 heterocycles. The number of likely N-dealkylation sites (tertiary alicyclic amines) is 1. The molecule has 1 saturated heterocycles. The smallest absolute Gasteiger partial charge is 0.407 e. The number of nitrogens with zero attached hydrogens (tertiary/aromatic N) is 1. The lowest BCUT2D eigenvalue weighted by Crippen LogP contribution is -2.48. The molecule has 0 aromatic rings. The molecular weight excluding hydrogens is 166 g/mol. The first-order valence-electron chi connectivity index (χ1n) is 4.93. The maximum Gasteiger partial charge on any atom is 0.407 e. The summed E-state index contributed by atoms with van der Waals surface area (Å²) in [5, 5.41) is 8.98. The molecule has 72 valence electrons. The Morgan fingerprint density at radius 2 is 2.15 bits per heavy atom. The summed E-state index contributed by atoms with van der Waals surface area (Å²) in [6, 6.07) is 0.260. The van der Waals surface area contributed by atoms with Crippen molar-refractivity contribution >= 4 is 6.09 Å². The first kappa shape index (κ1) is 8.60. The average molecular weight is 181 g/mol. The summed E-state index contributed by atoms with van der Waals surface area (Å²) < 4.78 is 0. The van der Waals surface area contributed by atoms with Crippen molar-refractivity contribution < 1.29 is 9.90 Å². The Hall–Kier alpha value is -0.990. The van der Waals surface area contributed by atoms with E-state index in [1.54, 1.807) is 4.90 Å². The van der Waals surface area contributed by atoms with Crippen LogP contribution in [0.1, 0.15) is 25.7 Å². The van der Waals surface area contributed by atoms with Crippen LogP contribution in [0.5, 0.6) is 0 Å². The fourth-order valence-corrected chi connectivity index (χ4v) is 2.48. The van der Waals surface area contributed by atoms with Crippen molar-refractivity contribution in [3.8, 4) is 0 Å². The van der Waals surface area contributed by atoms with Crippen LogP contribution >= 0.6 is 0 Å². The molecule has 1 N–H and O–H groups in total. The average Bonchev–Trinajstić information content (AvgIpc) is 2.17. The van der Waals surface area contributed by atoms with E-state index in [-0.39, 0.29) is 6.04 Å². The quantitative estimate of drug-likeness (QED) is 0.581. The molecular formula is C10H15NO2. The molecule has 1 aliphatic carbocycles. The normalized spacial score (nSPS) is 32.8. The predicted octanol–water partition coefficient (Wildman–Crippen LogP) is 2.09. The Balaban J connectivity index is 2.12. The summed E-state index contributed by atoms with van der Waals surface area (Å²) in [5.41, 5.74) is 0. The maximum absolute atomic E-state index is 10.9. The van der Waals surface area contributed by atoms with E-state index in [1.165, 1.54) is 6.42 Å². The molecule has 2 rings (SSSR count). The Labute approximate surface area is 78.0 Å². The van der Waals surface area contributed by atoms with E-state index < -0.39 is 6.09 Å². The number of allylic oxidation sites excluding steroid dienone is 1. The molecule has 3 nitrogen and oxygen atoms in total. The fraction of sp³-hybridized carbons (Fsp3) is 0.700. The van der Waals surface area contributed by atoms with Crippen molar-refractivity contribution in [2.45, 2.75) is 31.7 Å². The maximum atomic E-state index is 10.9. The SMILES string of the molecule is O=C(O)N1CCC[C@H]2CC=CC[C@@H]21. The van der Waals surface area contributed by atoms with Crippen LogP contribution in [0.15, 0.2) is 12.2 Å². The zero-order valence-electron chi connectivity index (χ0n) is 7.65. The third-order valence-electron chi connectivity index (χ3n) is 3.15. The standard InChI is InChI=1S/C10H15NO2/c12-10(13)11-7-3-5-8-4-1-2-6-9(8)11/h1-2,8-9H,3-7H2,(H,12,13)/t8-,9+/m1/s1. The van der Waals surface area contributed by atoms with E-state index in [0.29, 0.717) is 5.92 Å². The van der Waals surface area contributed by atoms with Crippen LogP contribution in [-0.4, -0.2) is 28.7 Å². The highest BCUT2D eigenvalue weighted by Crippen LogP contribution is 2.31. The molecule has 0 radical (unpaired) electrons. The minimum absolute atomic E-state index is 0.260. The van der Waals surface area contributed by atoms with Gasteiger partial charge in [0, 0.05) is 12.6 Å². The number of amides is 1. The van der Waals surface area contributed by atoms with Crippen molar-refractivity contribution in [2.24, 2.45) is 5.92 Å². The number of hydrogen-bond acceptors (Lipinski definition) is 1. The zero-order valence-corrected chi connectivity index (χ0v) is 7.65. The lowest BCUT2D eigenvalue weighted by molar-refractivity contribution is 0.0772. The Morgan fingerprint density at radius 1 is 1.38 bits per heavy atom. The van der Waals surface area contributed by atoms with Crippen LogP contribution in [0.2, 0.25) is 0 Å². The molecule has 0 bridgehead atoms. The summed E-state index contributed by atoms with van der Waals surface area (Å²) in [7, 11) is 0. The molecule has 0 saturated carbocycles. The van der Waals surface area contributed by atoms with Crippen molar-refractivity contribution in [1.82, 2.24) is 4.90 Å². The van der Waals surface area contributed by atoms with E-state index in [9.17, 15) is 4.79 Å². The number of fused-ring (bicyclic) bond motifs is 1. The van der Waals surface area contributed by atoms with Gasteiger partial charge in [0.2, 0.25) is 0 Å². The Morgan fingerprint density at radius 3 is 2.92 bits per heavy atom. The molecule has 0 spiro atoms. The lowest BCUT2D eigenvalue weighted by atomic mass is 9.82. The second-order valence-corrected chi connectivity index (χ2v) is 3.89. The number of rotatable bonds is 0. The summed E-state index contributed by atoms with van der Waals surface area (Å²) in [4.78, 5) is 12.5. The van der Waals surface area contributed by atoms with Gasteiger partial charge in [-0.3, -0.25) is 0 Å². The summed E-state index contributed by atoms with van der Waals surface area (Å²) in [6.07, 6.45) is 7.76. The van der Waals surface area contributed by atoms with E-state index in [0.717, 1.165) is 25.8 Å². The summed E-state index contributed by atoms with van der Waals surface area (Å²) in [6.45, 7) is 0.727. The molecule has 0 aromatic heterocycles. The van der Waals surface area contributed by atoms with E-state index in [2.05, 4.69) is 12.2 Å². The topological polar surface area (TPSA) is 40.5 Å². The van der Waals surface area contributed by atoms with Gasteiger partial charge in [-0.2, -0.15) is 0 Å². The van der Waals surface area contributed by atoms with Gasteiger partial charge in [0.05, 0.1) is 0 Å². The Bertz CT molecular complexity index is 237. The number of carboxylic acid groups (broad SMARTS) is 1. The van der Waals surface area contributed by atoms with Gasteiger partial charge in [-0.25, -0.2) is 4.79 Å². The molecule has 2 aliphatic rings. The van der Waals surface area contributed by atoms with Gasteiger partial charge in [0.15, 0.2) is 0 Å². The van der Waals surface area contributed by atoms with Gasteiger partial charge in [-0.15, -0.1) is 0 Å². The third-order valence-corrected chi connectivity index (χ3v) is 3.15. The molecule has 1 fully saturated rings. The van der Waals surface area contributed by atoms with Crippen LogP contribution in [0.25, 0.3) is 0 Å². The first-order valence-corrected chi connectivity index (χ1v) is 4.93. The summed E-state index contributed by atoms with van der Waals surface area (Å²) in [5.74, 6) is 0.579. The van der Waals surface area contributed by atoms with Gasteiger partial charge in [0.1, 0.15) is 0 Å². The van der Waals surface area contributed by atoms with E-state index in [4.69, 9.17) is 5.11 Å². The van der Waals surface area contributed by atoms with Gasteiger partial charge < -0.3 is 10.0 Å². The molecule has 0 aromatic carbocycles. The van der Waals surface area contributed by atoms with Crippen LogP contribution in [-0.2, 0) is 0 Å². The minimum atomic E-state index is -0.745. The van der Waals surface area contributed by atoms with Gasteiger partial charge in [0.25, 0.3) is 0 Å². The van der Waals surface area contributed by atoms with Gasteiger partial charge >= 0.3 is 6.09 Å². The zero-order chi connectivity index (χ0) is 9.26. The second kappa shape index (κ2) is 3.40.